The van der Waals surface area contributed by atoms with Gasteiger partial charge in [0, 0.05) is 17.8 Å². The second-order valence-electron chi connectivity index (χ2n) is 6.23. The Balaban J connectivity index is 1.84. The van der Waals surface area contributed by atoms with Gasteiger partial charge in [0.25, 0.3) is 0 Å². The highest BCUT2D eigenvalue weighted by Gasteiger charge is 2.16. The molecule has 1 heterocycles. The molecule has 0 aliphatic heterocycles. The van der Waals surface area contributed by atoms with Crippen molar-refractivity contribution >= 4 is 17.2 Å². The summed E-state index contributed by atoms with van der Waals surface area (Å²) in [5, 5.41) is 5.16. The van der Waals surface area contributed by atoms with Crippen molar-refractivity contribution < 1.29 is 4.79 Å². The molecule has 1 amide bonds. The molecular formula is C19H26N2OS. The first kappa shape index (κ1) is 17.7. The van der Waals surface area contributed by atoms with Gasteiger partial charge in [-0.3, -0.25) is 4.79 Å². The summed E-state index contributed by atoms with van der Waals surface area (Å²) in [6.07, 6.45) is 1.33. The summed E-state index contributed by atoms with van der Waals surface area (Å²) in [6.45, 7) is 4.85. The fourth-order valence-corrected chi connectivity index (χ4v) is 3.61. The third-order valence-electron chi connectivity index (χ3n) is 4.11. The number of aryl methyl sites for hydroxylation is 3. The van der Waals surface area contributed by atoms with Gasteiger partial charge in [0.15, 0.2) is 0 Å². The van der Waals surface area contributed by atoms with E-state index < -0.39 is 0 Å². The van der Waals surface area contributed by atoms with E-state index in [9.17, 15) is 4.79 Å². The van der Waals surface area contributed by atoms with Crippen LogP contribution in [0.3, 0.4) is 0 Å². The summed E-state index contributed by atoms with van der Waals surface area (Å²) in [5.41, 5.74) is 3.79. The number of hydrogen-bond acceptors (Lipinski definition) is 3. The molecule has 0 bridgehead atoms. The van der Waals surface area contributed by atoms with E-state index in [2.05, 4.69) is 59.8 Å². The molecule has 3 nitrogen and oxygen atoms in total. The van der Waals surface area contributed by atoms with Gasteiger partial charge in [-0.1, -0.05) is 29.8 Å². The summed E-state index contributed by atoms with van der Waals surface area (Å²) < 4.78 is 0. The molecule has 0 spiro atoms. The van der Waals surface area contributed by atoms with E-state index in [1.54, 1.807) is 11.3 Å². The molecule has 1 atom stereocenters. The molecule has 2 rings (SSSR count). The molecule has 0 aliphatic carbocycles. The van der Waals surface area contributed by atoms with Gasteiger partial charge in [-0.15, -0.1) is 11.3 Å². The van der Waals surface area contributed by atoms with Crippen molar-refractivity contribution in [1.82, 2.24) is 10.2 Å². The summed E-state index contributed by atoms with van der Waals surface area (Å²) in [6, 6.07) is 10.8. The van der Waals surface area contributed by atoms with Gasteiger partial charge in [-0.25, -0.2) is 0 Å². The molecule has 0 aliphatic rings. The lowest BCUT2D eigenvalue weighted by Crippen LogP contribution is -2.34. The first-order chi connectivity index (χ1) is 11.0. The molecule has 4 heteroatoms. The minimum atomic E-state index is 0.119. The predicted octanol–water partition coefficient (Wildman–Crippen LogP) is 3.72. The smallest absolute Gasteiger partial charge is 0.220 e. The van der Waals surface area contributed by atoms with Crippen LogP contribution in [0.15, 0.2) is 35.7 Å². The van der Waals surface area contributed by atoms with Crippen LogP contribution in [0.1, 0.15) is 34.0 Å². The average Bonchev–Trinajstić information content (AvgIpc) is 3.00. The maximum Gasteiger partial charge on any atom is 0.220 e. The Morgan fingerprint density at radius 3 is 2.65 bits per heavy atom. The standard InChI is InChI=1S/C19H26N2OS/c1-14-7-8-16(15(2)12-14)9-10-19(22)20-13-17(21(3)4)18-6-5-11-23-18/h5-8,11-12,17H,9-10,13H2,1-4H3,(H,20,22). The van der Waals surface area contributed by atoms with Crippen LogP contribution in [-0.2, 0) is 11.2 Å². The van der Waals surface area contributed by atoms with Crippen molar-refractivity contribution in [3.05, 3.63) is 57.3 Å². The van der Waals surface area contributed by atoms with Crippen LogP contribution in [0.4, 0.5) is 0 Å². The van der Waals surface area contributed by atoms with Crippen LogP contribution in [0.5, 0.6) is 0 Å². The van der Waals surface area contributed by atoms with Crippen LogP contribution < -0.4 is 5.32 Å². The number of hydrogen-bond donors (Lipinski definition) is 1. The first-order valence-electron chi connectivity index (χ1n) is 8.00. The topological polar surface area (TPSA) is 32.3 Å². The Morgan fingerprint density at radius 2 is 2.04 bits per heavy atom. The van der Waals surface area contributed by atoms with Crippen molar-refractivity contribution in [2.45, 2.75) is 32.7 Å². The minimum absolute atomic E-state index is 0.119. The summed E-state index contributed by atoms with van der Waals surface area (Å²) in [7, 11) is 4.10. The molecule has 2 aromatic rings. The lowest BCUT2D eigenvalue weighted by Gasteiger charge is -2.23. The highest BCUT2D eigenvalue weighted by Crippen LogP contribution is 2.22. The third-order valence-corrected chi connectivity index (χ3v) is 5.08. The Bertz CT molecular complexity index is 635. The lowest BCUT2D eigenvalue weighted by atomic mass is 10.0. The summed E-state index contributed by atoms with van der Waals surface area (Å²) in [5.74, 6) is 0.119. The summed E-state index contributed by atoms with van der Waals surface area (Å²) in [4.78, 5) is 15.6. The second-order valence-corrected chi connectivity index (χ2v) is 7.21. The number of nitrogens with zero attached hydrogens (tertiary/aromatic N) is 1. The summed E-state index contributed by atoms with van der Waals surface area (Å²) >= 11 is 1.73. The molecule has 0 saturated heterocycles. The minimum Gasteiger partial charge on any atom is -0.354 e. The zero-order chi connectivity index (χ0) is 16.8. The van der Waals surface area contributed by atoms with E-state index >= 15 is 0 Å². The molecule has 0 fully saturated rings. The molecular weight excluding hydrogens is 304 g/mol. The Hall–Kier alpha value is -1.65. The van der Waals surface area contributed by atoms with E-state index in [1.165, 1.54) is 21.6 Å². The zero-order valence-electron chi connectivity index (χ0n) is 14.4. The van der Waals surface area contributed by atoms with Gasteiger partial charge >= 0.3 is 0 Å². The van der Waals surface area contributed by atoms with Gasteiger partial charge in [-0.05, 0) is 56.9 Å². The van der Waals surface area contributed by atoms with E-state index in [1.807, 2.05) is 14.1 Å². The molecule has 124 valence electrons. The van der Waals surface area contributed by atoms with Crippen LogP contribution in [-0.4, -0.2) is 31.4 Å². The van der Waals surface area contributed by atoms with Gasteiger partial charge in [0.1, 0.15) is 0 Å². The Morgan fingerprint density at radius 1 is 1.26 bits per heavy atom. The average molecular weight is 330 g/mol. The number of amides is 1. The van der Waals surface area contributed by atoms with E-state index in [-0.39, 0.29) is 11.9 Å². The number of nitrogens with one attached hydrogen (secondary N) is 1. The van der Waals surface area contributed by atoms with Crippen molar-refractivity contribution in [2.24, 2.45) is 0 Å². The number of thiophene rings is 1. The van der Waals surface area contributed by atoms with Gasteiger partial charge in [-0.2, -0.15) is 0 Å². The van der Waals surface area contributed by atoms with Crippen LogP contribution in [0, 0.1) is 13.8 Å². The van der Waals surface area contributed by atoms with E-state index in [0.717, 1.165) is 6.42 Å². The van der Waals surface area contributed by atoms with E-state index in [4.69, 9.17) is 0 Å². The van der Waals surface area contributed by atoms with Crippen molar-refractivity contribution in [3.63, 3.8) is 0 Å². The second kappa shape index (κ2) is 8.27. The van der Waals surface area contributed by atoms with Gasteiger partial charge in [0.2, 0.25) is 5.91 Å². The highest BCUT2D eigenvalue weighted by molar-refractivity contribution is 7.10. The normalized spacial score (nSPS) is 12.4. The molecule has 1 N–H and O–H groups in total. The molecule has 1 unspecified atom stereocenters. The van der Waals surface area contributed by atoms with Gasteiger partial charge < -0.3 is 10.2 Å². The lowest BCUT2D eigenvalue weighted by molar-refractivity contribution is -0.121. The van der Waals surface area contributed by atoms with Crippen LogP contribution in [0.2, 0.25) is 0 Å². The maximum atomic E-state index is 12.2. The maximum absolute atomic E-state index is 12.2. The van der Waals surface area contributed by atoms with Crippen molar-refractivity contribution in [2.75, 3.05) is 20.6 Å². The Kier molecular flexibility index (Phi) is 6.37. The van der Waals surface area contributed by atoms with Crippen LogP contribution >= 0.6 is 11.3 Å². The van der Waals surface area contributed by atoms with E-state index in [0.29, 0.717) is 13.0 Å². The third kappa shape index (κ3) is 5.19. The molecule has 23 heavy (non-hydrogen) atoms. The highest BCUT2D eigenvalue weighted by atomic mass is 32.1. The Labute approximate surface area is 143 Å². The number of rotatable bonds is 7. The molecule has 0 radical (unpaired) electrons. The SMILES string of the molecule is Cc1ccc(CCC(=O)NCC(c2cccs2)N(C)C)c(C)c1. The number of benzene rings is 1. The van der Waals surface area contributed by atoms with Gasteiger partial charge in [0.05, 0.1) is 6.04 Å². The quantitative estimate of drug-likeness (QED) is 0.839. The van der Waals surface area contributed by atoms with Crippen LogP contribution in [0.25, 0.3) is 0 Å². The largest absolute Gasteiger partial charge is 0.354 e. The monoisotopic (exact) mass is 330 g/mol. The molecule has 0 saturated carbocycles. The van der Waals surface area contributed by atoms with Crippen molar-refractivity contribution in [1.29, 1.82) is 0 Å². The number of carbonyl (C=O) groups is 1. The number of carbonyl (C=O) groups excluding carboxylic acids is 1. The zero-order valence-corrected chi connectivity index (χ0v) is 15.2. The van der Waals surface area contributed by atoms with Crippen molar-refractivity contribution in [3.8, 4) is 0 Å². The molecule has 1 aromatic carbocycles. The predicted molar refractivity (Wildman–Crippen MR) is 98.0 cm³/mol. The number of likely N-dealkylation sites (N-methyl/N-ethyl adjacent to an activating group) is 1. The fraction of sp³-hybridized carbons (Fsp3) is 0.421. The molecule has 1 aromatic heterocycles. The fourth-order valence-electron chi connectivity index (χ4n) is 2.69. The first-order valence-corrected chi connectivity index (χ1v) is 8.88.